The van der Waals surface area contributed by atoms with Crippen molar-refractivity contribution in [2.45, 2.75) is 25.1 Å². The Morgan fingerprint density at radius 1 is 1.14 bits per heavy atom. The molecule has 2 aromatic heterocycles. The number of aromatic nitrogens is 1. The van der Waals surface area contributed by atoms with Crippen LogP contribution in [0.3, 0.4) is 0 Å². The van der Waals surface area contributed by atoms with Gasteiger partial charge in [0, 0.05) is 25.3 Å². The lowest BCUT2D eigenvalue weighted by Gasteiger charge is -2.32. The average Bonchev–Trinajstić information content (AvgIpc) is 3.36. The van der Waals surface area contributed by atoms with Crippen LogP contribution >= 0.6 is 11.3 Å². The first-order valence-electron chi connectivity index (χ1n) is 13.2. The number of rotatable bonds is 5. The van der Waals surface area contributed by atoms with Crippen LogP contribution in [0.2, 0.25) is 0 Å². The van der Waals surface area contributed by atoms with Crippen LogP contribution < -0.4 is 15.5 Å². The lowest BCUT2D eigenvalue weighted by atomic mass is 9.98. The van der Waals surface area contributed by atoms with E-state index < -0.39 is 23.7 Å². The minimum Gasteiger partial charge on any atom is -0.347 e. The van der Waals surface area contributed by atoms with Crippen molar-refractivity contribution in [1.82, 2.24) is 15.2 Å². The second-order valence-electron chi connectivity index (χ2n) is 9.98. The summed E-state index contributed by atoms with van der Waals surface area (Å²) in [5.41, 5.74) is 0.649. The molecular weight excluding hydrogens is 567 g/mol. The molecule has 4 heterocycles. The molecule has 214 valence electrons. The highest BCUT2D eigenvalue weighted by molar-refractivity contribution is 7.21. The Morgan fingerprint density at radius 2 is 1.95 bits per heavy atom. The third-order valence-corrected chi connectivity index (χ3v) is 8.44. The van der Waals surface area contributed by atoms with Gasteiger partial charge in [-0.25, -0.2) is 9.78 Å². The molecule has 42 heavy (non-hydrogen) atoms. The number of anilines is 3. The first-order valence-corrected chi connectivity index (χ1v) is 14.0. The van der Waals surface area contributed by atoms with E-state index in [4.69, 9.17) is 0 Å². The minimum absolute atomic E-state index is 0.00427. The molecule has 0 aliphatic carbocycles. The van der Waals surface area contributed by atoms with Gasteiger partial charge in [0.2, 0.25) is 5.91 Å². The topological polar surface area (TPSA) is 94.6 Å². The van der Waals surface area contributed by atoms with Crippen LogP contribution in [-0.2, 0) is 11.0 Å². The lowest BCUT2D eigenvalue weighted by Crippen LogP contribution is -2.49. The molecule has 2 N–H and O–H groups in total. The molecule has 0 radical (unpaired) electrons. The van der Waals surface area contributed by atoms with Crippen LogP contribution in [0.4, 0.5) is 35.0 Å². The van der Waals surface area contributed by atoms with Crippen LogP contribution in [0.5, 0.6) is 0 Å². The second kappa shape index (κ2) is 10.6. The van der Waals surface area contributed by atoms with Crippen LogP contribution in [0.25, 0.3) is 21.3 Å². The Morgan fingerprint density at radius 3 is 2.74 bits per heavy atom. The molecule has 4 amide bonds. The zero-order chi connectivity index (χ0) is 29.6. The standard InChI is InChI=1S/C30H24F3N5O3S/c1-2-23(39)37-14-6-8-18(16-37)35-27(40)26-25-24-22(12-13-34-28(24)42-26)38(29(41)36-25)19-9-5-7-17(15-19)20-10-3-4-11-21(20)30(31,32)33/h2-5,7,9-13,15,18H,1,6,8,14,16H2,(H,35,40)(H,36,41)/t18-/m1/s1. The molecule has 2 aliphatic heterocycles. The molecule has 1 fully saturated rings. The predicted octanol–water partition coefficient (Wildman–Crippen LogP) is 6.57. The summed E-state index contributed by atoms with van der Waals surface area (Å²) in [6, 6.07) is 12.4. The third-order valence-electron chi connectivity index (χ3n) is 7.34. The number of benzene rings is 2. The van der Waals surface area contributed by atoms with E-state index in [0.29, 0.717) is 52.4 Å². The number of halogens is 3. The van der Waals surface area contributed by atoms with E-state index >= 15 is 0 Å². The second-order valence-corrected chi connectivity index (χ2v) is 11.0. The van der Waals surface area contributed by atoms with Gasteiger partial charge in [-0.15, -0.1) is 11.3 Å². The number of hydrogen-bond donors (Lipinski definition) is 2. The summed E-state index contributed by atoms with van der Waals surface area (Å²) in [6.07, 6.45) is -0.350. The van der Waals surface area contributed by atoms with Crippen LogP contribution in [0.1, 0.15) is 28.1 Å². The largest absolute Gasteiger partial charge is 0.417 e. The van der Waals surface area contributed by atoms with Gasteiger partial charge < -0.3 is 15.5 Å². The van der Waals surface area contributed by atoms with Crippen molar-refractivity contribution in [3.63, 3.8) is 0 Å². The van der Waals surface area contributed by atoms with Gasteiger partial charge in [-0.2, -0.15) is 13.2 Å². The number of nitrogens with zero attached hydrogens (tertiary/aromatic N) is 3. The van der Waals surface area contributed by atoms with E-state index in [9.17, 15) is 27.6 Å². The van der Waals surface area contributed by atoms with Crippen molar-refractivity contribution in [2.24, 2.45) is 0 Å². The van der Waals surface area contributed by atoms with Crippen molar-refractivity contribution in [1.29, 1.82) is 0 Å². The van der Waals surface area contributed by atoms with Gasteiger partial charge in [-0.05, 0) is 54.3 Å². The summed E-state index contributed by atoms with van der Waals surface area (Å²) in [7, 11) is 0. The maximum Gasteiger partial charge on any atom is 0.417 e. The fourth-order valence-corrected chi connectivity index (χ4v) is 6.49. The SMILES string of the molecule is C=CC(=O)N1CCC[C@@H](NC(=O)c2sc3nccc4c3c2NC(=O)N4c2cccc(-c3ccccc3C(F)(F)F)c2)C1. The van der Waals surface area contributed by atoms with E-state index in [2.05, 4.69) is 22.2 Å². The lowest BCUT2D eigenvalue weighted by molar-refractivity contribution is -0.137. The number of nitrogens with one attached hydrogen (secondary N) is 2. The summed E-state index contributed by atoms with van der Waals surface area (Å²) >= 11 is 1.13. The molecular formula is C30H24F3N5O3S. The van der Waals surface area contributed by atoms with Crippen LogP contribution in [0.15, 0.2) is 73.4 Å². The zero-order valence-corrected chi connectivity index (χ0v) is 22.9. The average molecular weight is 592 g/mol. The first-order chi connectivity index (χ1) is 20.2. The van der Waals surface area contributed by atoms with Gasteiger partial charge in [0.1, 0.15) is 9.71 Å². The summed E-state index contributed by atoms with van der Waals surface area (Å²) in [4.78, 5) is 47.2. The number of amides is 4. The Bertz CT molecular complexity index is 1750. The Labute approximate surface area is 242 Å². The number of alkyl halides is 3. The van der Waals surface area contributed by atoms with Crippen molar-refractivity contribution < 1.29 is 27.6 Å². The van der Waals surface area contributed by atoms with Gasteiger partial charge in [-0.3, -0.25) is 14.5 Å². The molecule has 8 nitrogen and oxygen atoms in total. The molecule has 1 atom stereocenters. The van der Waals surface area contributed by atoms with Crippen LogP contribution in [-0.4, -0.2) is 46.9 Å². The smallest absolute Gasteiger partial charge is 0.347 e. The molecule has 0 saturated carbocycles. The molecule has 6 rings (SSSR count). The Kier molecular flexibility index (Phi) is 6.93. The quantitative estimate of drug-likeness (QED) is 0.257. The summed E-state index contributed by atoms with van der Waals surface area (Å²) < 4.78 is 41.2. The highest BCUT2D eigenvalue weighted by Crippen LogP contribution is 2.46. The van der Waals surface area contributed by atoms with E-state index in [0.717, 1.165) is 23.8 Å². The molecule has 0 unspecified atom stereocenters. The highest BCUT2D eigenvalue weighted by atomic mass is 32.1. The third kappa shape index (κ3) is 4.87. The number of urea groups is 1. The van der Waals surface area contributed by atoms with Gasteiger partial charge in [0.25, 0.3) is 5.91 Å². The molecule has 2 aromatic carbocycles. The van der Waals surface area contributed by atoms with Crippen molar-refractivity contribution >= 4 is 56.5 Å². The van der Waals surface area contributed by atoms with Gasteiger partial charge >= 0.3 is 12.2 Å². The van der Waals surface area contributed by atoms with Gasteiger partial charge in [0.15, 0.2) is 0 Å². The number of pyridine rings is 1. The number of thiophene rings is 1. The minimum atomic E-state index is -4.55. The summed E-state index contributed by atoms with van der Waals surface area (Å²) in [6.45, 7) is 4.47. The number of carbonyl (C=O) groups is 3. The number of piperidine rings is 1. The maximum atomic E-state index is 13.7. The molecule has 12 heteroatoms. The molecule has 0 spiro atoms. The monoisotopic (exact) mass is 591 g/mol. The Hall–Kier alpha value is -4.71. The van der Waals surface area contributed by atoms with E-state index in [1.165, 1.54) is 41.4 Å². The fraction of sp³-hybridized carbons (Fsp3) is 0.200. The van der Waals surface area contributed by atoms with E-state index in [-0.39, 0.29) is 22.4 Å². The molecule has 0 bridgehead atoms. The molecule has 4 aromatic rings. The maximum absolute atomic E-state index is 13.7. The predicted molar refractivity (Wildman–Crippen MR) is 155 cm³/mol. The molecule has 2 aliphatic rings. The van der Waals surface area contributed by atoms with Gasteiger partial charge in [0.05, 0.1) is 28.0 Å². The zero-order valence-electron chi connectivity index (χ0n) is 22.1. The Balaban J connectivity index is 1.35. The molecule has 1 saturated heterocycles. The normalized spacial score (nSPS) is 16.7. The fourth-order valence-electron chi connectivity index (χ4n) is 5.47. The summed E-state index contributed by atoms with van der Waals surface area (Å²) in [5, 5.41) is 6.35. The number of likely N-dealkylation sites (tertiary alicyclic amines) is 1. The number of hydrogen-bond acceptors (Lipinski definition) is 5. The number of carbonyl (C=O) groups excluding carboxylic acids is 3. The van der Waals surface area contributed by atoms with Crippen molar-refractivity contribution in [3.05, 3.63) is 83.9 Å². The van der Waals surface area contributed by atoms with E-state index in [1.807, 2.05) is 0 Å². The van der Waals surface area contributed by atoms with Crippen molar-refractivity contribution in [2.75, 3.05) is 23.3 Å². The van der Waals surface area contributed by atoms with Crippen LogP contribution in [0, 0.1) is 0 Å². The summed E-state index contributed by atoms with van der Waals surface area (Å²) in [5.74, 6) is -0.588. The highest BCUT2D eigenvalue weighted by Gasteiger charge is 2.35. The van der Waals surface area contributed by atoms with Crippen molar-refractivity contribution in [3.8, 4) is 11.1 Å². The van der Waals surface area contributed by atoms with E-state index in [1.54, 1.807) is 29.2 Å². The first kappa shape index (κ1) is 27.5. The van der Waals surface area contributed by atoms with Gasteiger partial charge in [-0.1, -0.05) is 36.9 Å².